The first-order chi connectivity index (χ1) is 36.5. The smallest absolute Gasteiger partial charge is 0.305 e. The number of aliphatic hydroxyl groups is 1. The number of likely N-dealkylation sites (N-methyl/N-ethyl adjacent to an activating group) is 2. The number of nitrogens with zero attached hydrogens (tertiary/aromatic N) is 1. The second-order valence-electron chi connectivity index (χ2n) is 19.3. The number of likely N-dealkylation sites (tertiary alicyclic amines) is 1. The Hall–Kier alpha value is -6.68. The zero-order valence-electron chi connectivity index (χ0n) is 43.9. The van der Waals surface area contributed by atoms with Crippen LogP contribution < -0.4 is 53.2 Å². The van der Waals surface area contributed by atoms with Gasteiger partial charge in [-0.2, -0.15) is 0 Å². The van der Waals surface area contributed by atoms with Crippen molar-refractivity contribution >= 4 is 80.7 Å². The number of nitrogens with one attached hydrogen (secondary N) is 10. The third-order valence-corrected chi connectivity index (χ3v) is 15.0. The second kappa shape index (κ2) is 30.9. The molecular weight excluding hydrogens is 1040 g/mol. The van der Waals surface area contributed by atoms with E-state index in [1.54, 1.807) is 21.0 Å². The van der Waals surface area contributed by atoms with Gasteiger partial charge in [0.2, 0.25) is 53.2 Å². The molecule has 0 aromatic heterocycles. The Morgan fingerprint density at radius 3 is 1.83 bits per heavy atom. The number of aliphatic carboxylic acids is 1. The zero-order chi connectivity index (χ0) is 56.9. The highest BCUT2D eigenvalue weighted by Crippen LogP contribution is 2.25. The molecule has 2 unspecified atom stereocenters. The molecule has 2 heterocycles. The molecule has 25 nitrogen and oxygen atoms in total. The third-order valence-electron chi connectivity index (χ3n) is 12.4. The van der Waals surface area contributed by atoms with Crippen molar-refractivity contribution in [2.24, 2.45) is 5.92 Å². The fourth-order valence-electron chi connectivity index (χ4n) is 8.36. The van der Waals surface area contributed by atoms with Gasteiger partial charge in [-0.25, -0.2) is 0 Å². The molecule has 4 rings (SSSR count). The lowest BCUT2D eigenvalue weighted by atomic mass is 10.0. The summed E-state index contributed by atoms with van der Waals surface area (Å²) in [5.74, 6) is -9.27. The van der Waals surface area contributed by atoms with Gasteiger partial charge in [-0.1, -0.05) is 59.7 Å². The van der Waals surface area contributed by atoms with Crippen LogP contribution in [0.5, 0.6) is 11.5 Å². The molecule has 2 saturated heterocycles. The summed E-state index contributed by atoms with van der Waals surface area (Å²) in [4.78, 5) is 139. The van der Waals surface area contributed by atoms with Crippen LogP contribution in [0, 0.1) is 5.92 Å². The van der Waals surface area contributed by atoms with E-state index >= 15 is 0 Å². The van der Waals surface area contributed by atoms with Crippen LogP contribution >= 0.6 is 21.6 Å². The largest absolute Gasteiger partial charge is 0.508 e. The van der Waals surface area contributed by atoms with Gasteiger partial charge in [-0.05, 0) is 88.5 Å². The number of phenolic OH excluding ortho intramolecular Hbond substituents is 2. The molecule has 0 saturated carbocycles. The molecule has 9 amide bonds. The van der Waals surface area contributed by atoms with E-state index < -0.39 is 133 Å². The standard InChI is InChI=1S/C50H73N11O14S2/c1-26(2)18-36(58-46(71)37(52-6)22-51-5)50(75)61-17-7-8-39(61)48(73)59-38-25-77-76-24-27(3)54-49(74)42(28(4)62)60-40(65)23-53-43(68)33(19-29-9-13-31(63)14-10-29)55-44(69)34(20-30-11-15-32(64)16-12-30)56-45(70)35(21-41(66)67)57-47(38)72/h9-16,26-28,33-39,42,51-52,62-64H,7-8,17-25H2,1-6H3,(H,53,68)(H,54,74)(H,55,69)(H,56,70)(H,57,72)(H,58,71)(H,59,73)(H,60,65)(H,66,67)/t27-,28?,33+,34+,35+,36+,37?,38+,39+,42+/m1/s1. The van der Waals surface area contributed by atoms with Crippen LogP contribution in [0.25, 0.3) is 0 Å². The van der Waals surface area contributed by atoms with E-state index in [1.165, 1.54) is 60.4 Å². The lowest BCUT2D eigenvalue weighted by Crippen LogP contribution is -2.61. The van der Waals surface area contributed by atoms with Crippen LogP contribution in [0.1, 0.15) is 64.5 Å². The molecular formula is C50H73N11O14S2. The fraction of sp³-hybridized carbons (Fsp3) is 0.560. The molecule has 2 aliphatic rings. The molecule has 0 radical (unpaired) electrons. The molecule has 0 aliphatic carbocycles. The molecule has 0 bridgehead atoms. The van der Waals surface area contributed by atoms with Crippen LogP contribution in [0.4, 0.5) is 0 Å². The topological polar surface area (TPSA) is 375 Å². The molecule has 2 fully saturated rings. The van der Waals surface area contributed by atoms with E-state index in [1.807, 2.05) is 13.8 Å². The van der Waals surface area contributed by atoms with Crippen molar-refractivity contribution in [3.63, 3.8) is 0 Å². The average molecular weight is 1120 g/mol. The molecule has 0 spiro atoms. The number of carbonyl (C=O) groups is 10. The van der Waals surface area contributed by atoms with E-state index in [4.69, 9.17) is 0 Å². The number of carbonyl (C=O) groups excluding carboxylic acids is 9. The monoisotopic (exact) mass is 1120 g/mol. The Morgan fingerprint density at radius 2 is 1.29 bits per heavy atom. The average Bonchev–Trinajstić information content (AvgIpc) is 3.87. The molecule has 2 aliphatic heterocycles. The number of phenols is 2. The first kappa shape index (κ1) is 62.9. The molecule has 10 atom stereocenters. The van der Waals surface area contributed by atoms with Gasteiger partial charge in [0.05, 0.1) is 25.1 Å². The lowest BCUT2D eigenvalue weighted by Gasteiger charge is -2.31. The van der Waals surface area contributed by atoms with Gasteiger partial charge < -0.3 is 78.5 Å². The van der Waals surface area contributed by atoms with Crippen molar-refractivity contribution in [2.45, 2.75) is 127 Å². The van der Waals surface area contributed by atoms with Gasteiger partial charge in [0.25, 0.3) is 0 Å². The van der Waals surface area contributed by atoms with Gasteiger partial charge in [0.1, 0.15) is 53.8 Å². The first-order valence-electron chi connectivity index (χ1n) is 25.2. The van der Waals surface area contributed by atoms with Crippen LogP contribution in [-0.2, 0) is 60.8 Å². The number of carboxylic acids is 1. The van der Waals surface area contributed by atoms with E-state index in [0.717, 1.165) is 21.6 Å². The maximum Gasteiger partial charge on any atom is 0.305 e. The van der Waals surface area contributed by atoms with Crippen molar-refractivity contribution in [2.75, 3.05) is 45.2 Å². The molecule has 424 valence electrons. The number of hydrogen-bond acceptors (Lipinski definition) is 17. The van der Waals surface area contributed by atoms with Gasteiger partial charge in [0.15, 0.2) is 0 Å². The minimum Gasteiger partial charge on any atom is -0.508 e. The summed E-state index contributed by atoms with van der Waals surface area (Å²) in [5.41, 5.74) is 0.813. The predicted octanol–water partition coefficient (Wildman–Crippen LogP) is -2.49. The van der Waals surface area contributed by atoms with Gasteiger partial charge >= 0.3 is 5.97 Å². The van der Waals surface area contributed by atoms with Crippen molar-refractivity contribution in [1.29, 1.82) is 0 Å². The summed E-state index contributed by atoms with van der Waals surface area (Å²) in [5, 5.41) is 66.9. The van der Waals surface area contributed by atoms with Gasteiger partial charge in [-0.3, -0.25) is 47.9 Å². The highest BCUT2D eigenvalue weighted by molar-refractivity contribution is 8.76. The Morgan fingerprint density at radius 1 is 0.727 bits per heavy atom. The van der Waals surface area contributed by atoms with E-state index in [9.17, 15) is 68.4 Å². The van der Waals surface area contributed by atoms with Crippen molar-refractivity contribution < 1.29 is 68.4 Å². The molecule has 2 aromatic rings. The van der Waals surface area contributed by atoms with Crippen LogP contribution in [0.2, 0.25) is 0 Å². The summed E-state index contributed by atoms with van der Waals surface area (Å²) in [6, 6.07) is -0.193. The predicted molar refractivity (Wildman–Crippen MR) is 286 cm³/mol. The maximum absolute atomic E-state index is 14.4. The minimum absolute atomic E-state index is 0.0468. The van der Waals surface area contributed by atoms with Gasteiger partial charge in [0, 0.05) is 43.5 Å². The van der Waals surface area contributed by atoms with Crippen LogP contribution in [-0.4, -0.2) is 190 Å². The number of rotatable bonds is 17. The zero-order valence-corrected chi connectivity index (χ0v) is 45.5. The SMILES string of the molecule is CNCC(NC)C(=O)N[C@@H](CC(C)C)C(=O)N1CCC[C@H]1C(=O)N[C@H]1CSSC[C@@H](C)NC(=O)[C@H](C(C)O)NC(=O)CNC(=O)[C@H](Cc2ccc(O)cc2)NC(=O)[C@H](Cc2ccc(O)cc2)NC(=O)[C@H](CC(=O)O)NC1=O. The first-order valence-corrected chi connectivity index (χ1v) is 27.7. The maximum atomic E-state index is 14.4. The molecule has 77 heavy (non-hydrogen) atoms. The van der Waals surface area contributed by atoms with Crippen LogP contribution in [0.15, 0.2) is 48.5 Å². The minimum atomic E-state index is -1.88. The van der Waals surface area contributed by atoms with E-state index in [2.05, 4.69) is 53.2 Å². The van der Waals surface area contributed by atoms with E-state index in [0.29, 0.717) is 17.5 Å². The Bertz CT molecular complexity index is 2380. The highest BCUT2D eigenvalue weighted by atomic mass is 33.1. The summed E-state index contributed by atoms with van der Waals surface area (Å²) in [6.07, 6.45) is -2.12. The number of hydrogen-bond donors (Lipinski definition) is 14. The van der Waals surface area contributed by atoms with Gasteiger partial charge in [-0.15, -0.1) is 0 Å². The molecule has 27 heteroatoms. The number of aliphatic hydroxyl groups excluding tert-OH is 1. The van der Waals surface area contributed by atoms with E-state index in [-0.39, 0.29) is 67.7 Å². The normalized spacial score (nSPS) is 23.9. The molecule has 14 N–H and O–H groups in total. The second-order valence-corrected chi connectivity index (χ2v) is 21.9. The summed E-state index contributed by atoms with van der Waals surface area (Å²) < 4.78 is 0. The summed E-state index contributed by atoms with van der Waals surface area (Å²) in [6.45, 7) is 6.36. The third kappa shape index (κ3) is 20.3. The Kier molecular flexibility index (Phi) is 25.2. The number of aromatic hydroxyl groups is 2. The number of amides is 9. The summed E-state index contributed by atoms with van der Waals surface area (Å²) >= 11 is 0. The summed E-state index contributed by atoms with van der Waals surface area (Å²) in [7, 11) is 5.50. The lowest BCUT2D eigenvalue weighted by molar-refractivity contribution is -0.143. The molecule has 2 aromatic carbocycles. The van der Waals surface area contributed by atoms with Crippen molar-refractivity contribution in [1.82, 2.24) is 58.1 Å². The highest BCUT2D eigenvalue weighted by Gasteiger charge is 2.41. The van der Waals surface area contributed by atoms with Crippen molar-refractivity contribution in [3.8, 4) is 11.5 Å². The Balaban J connectivity index is 1.72. The fourth-order valence-corrected chi connectivity index (χ4v) is 10.8. The van der Waals surface area contributed by atoms with Crippen molar-refractivity contribution in [3.05, 3.63) is 59.7 Å². The quantitative estimate of drug-likeness (QED) is 0.0729. The number of carboxylic acid groups (broad SMARTS) is 1. The Labute approximate surface area is 454 Å². The van der Waals surface area contributed by atoms with Crippen LogP contribution in [0.3, 0.4) is 0 Å². The number of benzene rings is 2.